The van der Waals surface area contributed by atoms with E-state index in [9.17, 15) is 4.79 Å². The van der Waals surface area contributed by atoms with Crippen molar-refractivity contribution in [3.05, 3.63) is 30.1 Å². The molecular weight excluding hydrogens is 190 g/mol. The second-order valence-corrected chi connectivity index (χ2v) is 3.72. The zero-order chi connectivity index (χ0) is 10.5. The lowest BCUT2D eigenvalue weighted by Gasteiger charge is -2.10. The van der Waals surface area contributed by atoms with Crippen LogP contribution in [-0.4, -0.2) is 30.0 Å². The number of amides is 1. The van der Waals surface area contributed by atoms with Gasteiger partial charge >= 0.3 is 0 Å². The topological polar surface area (TPSA) is 54.0 Å². The van der Waals surface area contributed by atoms with Gasteiger partial charge in [-0.15, -0.1) is 0 Å². The van der Waals surface area contributed by atoms with E-state index in [1.54, 1.807) is 18.3 Å². The van der Waals surface area contributed by atoms with Crippen LogP contribution in [0.1, 0.15) is 23.3 Å². The first-order chi connectivity index (χ1) is 7.36. The molecule has 15 heavy (non-hydrogen) atoms. The van der Waals surface area contributed by atoms with E-state index >= 15 is 0 Å². The molecule has 1 aliphatic heterocycles. The summed E-state index contributed by atoms with van der Waals surface area (Å²) < 4.78 is 0. The summed E-state index contributed by atoms with van der Waals surface area (Å²) >= 11 is 0. The van der Waals surface area contributed by atoms with Crippen molar-refractivity contribution in [2.75, 3.05) is 13.1 Å². The molecule has 1 unspecified atom stereocenters. The zero-order valence-corrected chi connectivity index (χ0v) is 8.57. The van der Waals surface area contributed by atoms with Crippen molar-refractivity contribution in [3.8, 4) is 0 Å². The van der Waals surface area contributed by atoms with E-state index in [4.69, 9.17) is 0 Å². The van der Waals surface area contributed by atoms with Crippen molar-refractivity contribution < 1.29 is 4.79 Å². The number of rotatable bonds is 3. The molecule has 0 aromatic carbocycles. The highest BCUT2D eigenvalue weighted by molar-refractivity contribution is 5.92. The molecule has 1 atom stereocenters. The number of carbonyl (C=O) groups is 1. The molecule has 1 aromatic rings. The van der Waals surface area contributed by atoms with Crippen molar-refractivity contribution >= 4 is 5.91 Å². The SMILES string of the molecule is O=C(NCC1CCCN1)c1ccccn1. The molecule has 1 amide bonds. The number of nitrogens with one attached hydrogen (secondary N) is 2. The monoisotopic (exact) mass is 205 g/mol. The minimum absolute atomic E-state index is 0.0932. The van der Waals surface area contributed by atoms with Gasteiger partial charge < -0.3 is 10.6 Å². The van der Waals surface area contributed by atoms with Crippen LogP contribution in [-0.2, 0) is 0 Å². The van der Waals surface area contributed by atoms with Gasteiger partial charge in [-0.1, -0.05) is 6.07 Å². The van der Waals surface area contributed by atoms with Gasteiger partial charge in [0.2, 0.25) is 0 Å². The lowest BCUT2D eigenvalue weighted by atomic mass is 10.2. The third-order valence-corrected chi connectivity index (χ3v) is 2.57. The van der Waals surface area contributed by atoms with E-state index in [0.29, 0.717) is 18.3 Å². The molecular formula is C11H15N3O. The van der Waals surface area contributed by atoms with Crippen LogP contribution in [0.25, 0.3) is 0 Å². The van der Waals surface area contributed by atoms with Gasteiger partial charge in [-0.05, 0) is 31.5 Å². The summed E-state index contributed by atoms with van der Waals surface area (Å²) in [6, 6.07) is 5.76. The number of hydrogen-bond acceptors (Lipinski definition) is 3. The molecule has 0 saturated carbocycles. The molecule has 1 saturated heterocycles. The van der Waals surface area contributed by atoms with Crippen molar-refractivity contribution in [1.29, 1.82) is 0 Å². The van der Waals surface area contributed by atoms with Crippen LogP contribution >= 0.6 is 0 Å². The van der Waals surface area contributed by atoms with E-state index in [1.165, 1.54) is 6.42 Å². The molecule has 0 radical (unpaired) electrons. The number of hydrogen-bond donors (Lipinski definition) is 2. The maximum Gasteiger partial charge on any atom is 0.269 e. The molecule has 0 aliphatic carbocycles. The summed E-state index contributed by atoms with van der Waals surface area (Å²) in [5.41, 5.74) is 0.482. The third-order valence-electron chi connectivity index (χ3n) is 2.57. The van der Waals surface area contributed by atoms with Crippen molar-refractivity contribution in [2.24, 2.45) is 0 Å². The van der Waals surface area contributed by atoms with Crippen LogP contribution in [0.2, 0.25) is 0 Å². The van der Waals surface area contributed by atoms with Gasteiger partial charge in [0.15, 0.2) is 0 Å². The first-order valence-electron chi connectivity index (χ1n) is 5.29. The number of pyridine rings is 1. The molecule has 4 nitrogen and oxygen atoms in total. The summed E-state index contributed by atoms with van der Waals surface area (Å²) in [4.78, 5) is 15.6. The summed E-state index contributed by atoms with van der Waals surface area (Å²) in [6.07, 6.45) is 3.97. The van der Waals surface area contributed by atoms with E-state index < -0.39 is 0 Å². The molecule has 80 valence electrons. The Kier molecular flexibility index (Phi) is 3.29. The number of carbonyl (C=O) groups excluding carboxylic acids is 1. The fraction of sp³-hybridized carbons (Fsp3) is 0.455. The van der Waals surface area contributed by atoms with Gasteiger partial charge in [-0.3, -0.25) is 9.78 Å². The Morgan fingerprint density at radius 1 is 1.60 bits per heavy atom. The summed E-state index contributed by atoms with van der Waals surface area (Å²) in [6.45, 7) is 1.75. The van der Waals surface area contributed by atoms with Crippen LogP contribution in [0.15, 0.2) is 24.4 Å². The van der Waals surface area contributed by atoms with Crippen molar-refractivity contribution in [3.63, 3.8) is 0 Å². The Hall–Kier alpha value is -1.42. The average Bonchev–Trinajstić information content (AvgIpc) is 2.80. The van der Waals surface area contributed by atoms with E-state index in [1.807, 2.05) is 6.07 Å². The summed E-state index contributed by atoms with van der Waals surface area (Å²) in [5, 5.41) is 6.21. The van der Waals surface area contributed by atoms with Gasteiger partial charge in [-0.2, -0.15) is 0 Å². The fourth-order valence-corrected chi connectivity index (χ4v) is 1.73. The minimum atomic E-state index is -0.0932. The Bertz CT molecular complexity index is 320. The quantitative estimate of drug-likeness (QED) is 0.758. The molecule has 1 fully saturated rings. The van der Waals surface area contributed by atoms with Gasteiger partial charge in [0, 0.05) is 18.8 Å². The highest BCUT2D eigenvalue weighted by Gasteiger charge is 2.15. The van der Waals surface area contributed by atoms with Crippen LogP contribution in [0.3, 0.4) is 0 Å². The van der Waals surface area contributed by atoms with Crippen LogP contribution in [0, 0.1) is 0 Å². The fourth-order valence-electron chi connectivity index (χ4n) is 1.73. The number of nitrogens with zero attached hydrogens (tertiary/aromatic N) is 1. The maximum atomic E-state index is 11.6. The largest absolute Gasteiger partial charge is 0.349 e. The molecule has 1 aromatic heterocycles. The highest BCUT2D eigenvalue weighted by atomic mass is 16.1. The van der Waals surface area contributed by atoms with Gasteiger partial charge in [-0.25, -0.2) is 0 Å². The van der Waals surface area contributed by atoms with Crippen molar-refractivity contribution in [1.82, 2.24) is 15.6 Å². The van der Waals surface area contributed by atoms with Crippen LogP contribution in [0.5, 0.6) is 0 Å². The molecule has 2 rings (SSSR count). The predicted molar refractivity (Wildman–Crippen MR) is 57.6 cm³/mol. The first kappa shape index (κ1) is 10.1. The number of aromatic nitrogens is 1. The minimum Gasteiger partial charge on any atom is -0.349 e. The average molecular weight is 205 g/mol. The van der Waals surface area contributed by atoms with Crippen LogP contribution in [0.4, 0.5) is 0 Å². The lowest BCUT2D eigenvalue weighted by Crippen LogP contribution is -2.37. The molecule has 4 heteroatoms. The predicted octanol–water partition coefficient (Wildman–Crippen LogP) is 0.563. The van der Waals surface area contributed by atoms with Crippen LogP contribution < -0.4 is 10.6 Å². The Labute approximate surface area is 89.1 Å². The van der Waals surface area contributed by atoms with E-state index in [0.717, 1.165) is 13.0 Å². The van der Waals surface area contributed by atoms with Gasteiger partial charge in [0.25, 0.3) is 5.91 Å². The standard InChI is InChI=1S/C11H15N3O/c15-11(10-5-1-2-6-13-10)14-8-9-4-3-7-12-9/h1-2,5-6,9,12H,3-4,7-8H2,(H,14,15). The maximum absolute atomic E-state index is 11.6. The first-order valence-corrected chi connectivity index (χ1v) is 5.29. The Morgan fingerprint density at radius 3 is 3.20 bits per heavy atom. The van der Waals surface area contributed by atoms with E-state index in [-0.39, 0.29) is 5.91 Å². The second-order valence-electron chi connectivity index (χ2n) is 3.72. The van der Waals surface area contributed by atoms with Crippen molar-refractivity contribution in [2.45, 2.75) is 18.9 Å². The lowest BCUT2D eigenvalue weighted by molar-refractivity contribution is 0.0945. The molecule has 0 spiro atoms. The molecule has 1 aliphatic rings. The highest BCUT2D eigenvalue weighted by Crippen LogP contribution is 2.03. The normalized spacial score (nSPS) is 20.1. The third kappa shape index (κ3) is 2.76. The van der Waals surface area contributed by atoms with E-state index in [2.05, 4.69) is 15.6 Å². The summed E-state index contributed by atoms with van der Waals surface area (Å²) in [5.74, 6) is -0.0932. The molecule has 0 bridgehead atoms. The van der Waals surface area contributed by atoms with Gasteiger partial charge in [0.05, 0.1) is 0 Å². The smallest absolute Gasteiger partial charge is 0.269 e. The van der Waals surface area contributed by atoms with Gasteiger partial charge in [0.1, 0.15) is 5.69 Å². The molecule has 2 N–H and O–H groups in total. The second kappa shape index (κ2) is 4.89. The Balaban J connectivity index is 1.82. The zero-order valence-electron chi connectivity index (χ0n) is 8.57. The Morgan fingerprint density at radius 2 is 2.53 bits per heavy atom. The summed E-state index contributed by atoms with van der Waals surface area (Å²) in [7, 11) is 0. The molecule has 2 heterocycles.